The van der Waals surface area contributed by atoms with Crippen molar-refractivity contribution in [2.75, 3.05) is 40.3 Å². The first-order chi connectivity index (χ1) is 12.8. The molecule has 27 heavy (non-hydrogen) atoms. The van der Waals surface area contributed by atoms with Crippen molar-refractivity contribution in [3.05, 3.63) is 45.2 Å². The fourth-order valence-corrected chi connectivity index (χ4v) is 3.23. The molecule has 0 saturated heterocycles. The monoisotopic (exact) mass is 390 g/mol. The second-order valence-electron chi connectivity index (χ2n) is 7.13. The van der Waals surface area contributed by atoms with Crippen molar-refractivity contribution in [1.29, 1.82) is 0 Å². The molecule has 6 nitrogen and oxygen atoms in total. The van der Waals surface area contributed by atoms with E-state index in [0.717, 1.165) is 41.5 Å². The van der Waals surface area contributed by atoms with E-state index in [-0.39, 0.29) is 12.2 Å². The van der Waals surface area contributed by atoms with Crippen LogP contribution in [0.25, 0.3) is 10.9 Å². The number of H-pyrrole nitrogens is 1. The van der Waals surface area contributed by atoms with Gasteiger partial charge in [-0.2, -0.15) is 0 Å². The first-order valence-corrected chi connectivity index (χ1v) is 9.64. The Morgan fingerprint density at radius 2 is 2.00 bits per heavy atom. The summed E-state index contributed by atoms with van der Waals surface area (Å²) in [5.74, 6) is 0. The summed E-state index contributed by atoms with van der Waals surface area (Å²) in [6.07, 6.45) is 0.968. The highest BCUT2D eigenvalue weighted by Gasteiger charge is 2.13. The maximum absolute atomic E-state index is 12.6. The summed E-state index contributed by atoms with van der Waals surface area (Å²) in [5.41, 5.74) is 3.63. The average molecular weight is 391 g/mol. The zero-order valence-electron chi connectivity index (χ0n) is 16.6. The summed E-state index contributed by atoms with van der Waals surface area (Å²) < 4.78 is 0. The van der Waals surface area contributed by atoms with Crippen molar-refractivity contribution in [3.8, 4) is 0 Å². The van der Waals surface area contributed by atoms with Crippen LogP contribution >= 0.6 is 12.2 Å². The molecule has 1 aromatic carbocycles. The number of benzene rings is 1. The topological polar surface area (TPSA) is 71.6 Å². The van der Waals surface area contributed by atoms with E-state index in [2.05, 4.69) is 21.3 Å². The standard InChI is InChI=1S/C20H30N4O2S/c1-14-6-7-16-12-17(19(26)22-18(16)15(14)2)13-24(10-11-25)20(27)21-8-5-9-23(3)4/h6-7,12,25H,5,8-11,13H2,1-4H3,(H,21,27)(H,22,26). The van der Waals surface area contributed by atoms with Gasteiger partial charge in [-0.1, -0.05) is 12.1 Å². The highest BCUT2D eigenvalue weighted by Crippen LogP contribution is 2.19. The van der Waals surface area contributed by atoms with Crippen LogP contribution in [0.2, 0.25) is 0 Å². The Morgan fingerprint density at radius 3 is 2.67 bits per heavy atom. The van der Waals surface area contributed by atoms with Gasteiger partial charge in [-0.05, 0) is 75.7 Å². The van der Waals surface area contributed by atoms with Crippen LogP contribution in [0, 0.1) is 13.8 Å². The Hall–Kier alpha value is -1.96. The smallest absolute Gasteiger partial charge is 0.253 e. The molecule has 0 aliphatic rings. The van der Waals surface area contributed by atoms with E-state index in [0.29, 0.717) is 23.8 Å². The lowest BCUT2D eigenvalue weighted by atomic mass is 10.0. The van der Waals surface area contributed by atoms with Crippen molar-refractivity contribution < 1.29 is 5.11 Å². The van der Waals surface area contributed by atoms with Gasteiger partial charge in [0.15, 0.2) is 5.11 Å². The highest BCUT2D eigenvalue weighted by atomic mass is 32.1. The number of rotatable bonds is 8. The van der Waals surface area contributed by atoms with Crippen LogP contribution in [-0.2, 0) is 6.54 Å². The molecule has 0 radical (unpaired) electrons. The SMILES string of the molecule is Cc1ccc2cc(CN(CCO)C(=S)NCCCN(C)C)c(=O)[nH]c2c1C. The Morgan fingerprint density at radius 1 is 1.26 bits per heavy atom. The minimum atomic E-state index is -0.116. The van der Waals surface area contributed by atoms with E-state index in [1.54, 1.807) is 0 Å². The maximum atomic E-state index is 12.6. The van der Waals surface area contributed by atoms with E-state index < -0.39 is 0 Å². The van der Waals surface area contributed by atoms with Gasteiger partial charge in [0.25, 0.3) is 5.56 Å². The fraction of sp³-hybridized carbons (Fsp3) is 0.500. The summed E-state index contributed by atoms with van der Waals surface area (Å²) >= 11 is 5.47. The van der Waals surface area contributed by atoms with Gasteiger partial charge >= 0.3 is 0 Å². The molecule has 0 atom stereocenters. The number of aromatic amines is 1. The zero-order valence-corrected chi connectivity index (χ0v) is 17.4. The van der Waals surface area contributed by atoms with Crippen molar-refractivity contribution >= 4 is 28.2 Å². The van der Waals surface area contributed by atoms with Crippen LogP contribution in [0.4, 0.5) is 0 Å². The largest absolute Gasteiger partial charge is 0.395 e. The molecule has 1 aromatic heterocycles. The molecule has 1 heterocycles. The van der Waals surface area contributed by atoms with Gasteiger partial charge in [0.1, 0.15) is 0 Å². The second kappa shape index (κ2) is 9.82. The molecule has 2 rings (SSSR count). The first-order valence-electron chi connectivity index (χ1n) is 9.24. The predicted molar refractivity (Wildman–Crippen MR) is 115 cm³/mol. The van der Waals surface area contributed by atoms with E-state index in [1.165, 1.54) is 0 Å². The number of aromatic nitrogens is 1. The summed E-state index contributed by atoms with van der Waals surface area (Å²) in [7, 11) is 4.07. The van der Waals surface area contributed by atoms with Gasteiger partial charge < -0.3 is 25.2 Å². The zero-order chi connectivity index (χ0) is 20.0. The molecule has 7 heteroatoms. The Bertz CT molecular complexity index is 848. The molecule has 0 bridgehead atoms. The van der Waals surface area contributed by atoms with Crippen LogP contribution in [0.3, 0.4) is 0 Å². The van der Waals surface area contributed by atoms with E-state index >= 15 is 0 Å². The molecule has 3 N–H and O–H groups in total. The van der Waals surface area contributed by atoms with Crippen molar-refractivity contribution in [2.45, 2.75) is 26.8 Å². The summed E-state index contributed by atoms with van der Waals surface area (Å²) in [4.78, 5) is 19.5. The molecule has 148 valence electrons. The van der Waals surface area contributed by atoms with Gasteiger partial charge in [0.05, 0.1) is 18.7 Å². The fourth-order valence-electron chi connectivity index (χ4n) is 2.97. The van der Waals surface area contributed by atoms with Gasteiger partial charge in [-0.15, -0.1) is 0 Å². The summed E-state index contributed by atoms with van der Waals surface area (Å²) in [6.45, 7) is 6.48. The number of aryl methyl sites for hydroxylation is 2. The number of nitrogens with one attached hydrogen (secondary N) is 2. The average Bonchev–Trinajstić information content (AvgIpc) is 2.62. The number of nitrogens with zero attached hydrogens (tertiary/aromatic N) is 2. The minimum absolute atomic E-state index is 0.0245. The van der Waals surface area contributed by atoms with Crippen LogP contribution in [0.15, 0.2) is 23.0 Å². The molecule has 0 unspecified atom stereocenters. The maximum Gasteiger partial charge on any atom is 0.253 e. The third-order valence-corrected chi connectivity index (χ3v) is 5.11. The molecule has 0 amide bonds. The van der Waals surface area contributed by atoms with Crippen molar-refractivity contribution in [1.82, 2.24) is 20.1 Å². The number of aliphatic hydroxyl groups excluding tert-OH is 1. The second-order valence-corrected chi connectivity index (χ2v) is 7.52. The number of fused-ring (bicyclic) bond motifs is 1. The quantitative estimate of drug-likeness (QED) is 0.471. The van der Waals surface area contributed by atoms with Crippen LogP contribution < -0.4 is 10.9 Å². The Balaban J connectivity index is 2.15. The highest BCUT2D eigenvalue weighted by molar-refractivity contribution is 7.80. The third kappa shape index (κ3) is 5.76. The normalized spacial score (nSPS) is 11.2. The predicted octanol–water partition coefficient (Wildman–Crippen LogP) is 1.77. The van der Waals surface area contributed by atoms with Crippen LogP contribution in [0.1, 0.15) is 23.1 Å². The number of aliphatic hydroxyl groups is 1. The van der Waals surface area contributed by atoms with Crippen molar-refractivity contribution in [2.24, 2.45) is 0 Å². The van der Waals surface area contributed by atoms with E-state index in [4.69, 9.17) is 12.2 Å². The minimum Gasteiger partial charge on any atom is -0.395 e. The lowest BCUT2D eigenvalue weighted by Gasteiger charge is -2.25. The number of thiocarbonyl (C=S) groups is 1. The summed E-state index contributed by atoms with van der Waals surface area (Å²) in [6, 6.07) is 5.99. The third-order valence-electron chi connectivity index (χ3n) is 4.70. The van der Waals surface area contributed by atoms with Gasteiger partial charge in [0.2, 0.25) is 0 Å². The molecule has 0 aliphatic carbocycles. The lowest BCUT2D eigenvalue weighted by Crippen LogP contribution is -2.42. The molecule has 2 aromatic rings. The molecule has 0 saturated carbocycles. The van der Waals surface area contributed by atoms with E-state index in [9.17, 15) is 9.90 Å². The lowest BCUT2D eigenvalue weighted by molar-refractivity contribution is 0.245. The number of pyridine rings is 1. The first kappa shape index (κ1) is 21.3. The van der Waals surface area contributed by atoms with Crippen LogP contribution in [0.5, 0.6) is 0 Å². The molecular weight excluding hydrogens is 360 g/mol. The molecule has 0 fully saturated rings. The number of hydrogen-bond donors (Lipinski definition) is 3. The summed E-state index contributed by atoms with van der Waals surface area (Å²) in [5, 5.41) is 14.2. The number of hydrogen-bond acceptors (Lipinski definition) is 4. The van der Waals surface area contributed by atoms with E-state index in [1.807, 2.05) is 45.0 Å². The van der Waals surface area contributed by atoms with Crippen molar-refractivity contribution in [3.63, 3.8) is 0 Å². The Labute approximate surface area is 166 Å². The van der Waals surface area contributed by atoms with Crippen LogP contribution in [-0.4, -0.2) is 65.3 Å². The van der Waals surface area contributed by atoms with Gasteiger partial charge in [-0.25, -0.2) is 0 Å². The molecular formula is C20H30N4O2S. The molecule has 0 aliphatic heterocycles. The van der Waals surface area contributed by atoms with Gasteiger partial charge in [-0.3, -0.25) is 4.79 Å². The van der Waals surface area contributed by atoms with Gasteiger partial charge in [0, 0.05) is 18.7 Å². The molecule has 0 spiro atoms. The Kier molecular flexibility index (Phi) is 7.77.